The van der Waals surface area contributed by atoms with E-state index < -0.39 is 9.85 Å². The van der Waals surface area contributed by atoms with E-state index in [2.05, 4.69) is 20.6 Å². The summed E-state index contributed by atoms with van der Waals surface area (Å²) < 4.78 is 0. The van der Waals surface area contributed by atoms with Gasteiger partial charge in [-0.25, -0.2) is 4.98 Å². The number of aryl methyl sites for hydroxylation is 1. The van der Waals surface area contributed by atoms with E-state index in [-0.39, 0.29) is 24.5 Å². The number of rotatable bonds is 8. The Morgan fingerprint density at radius 3 is 1.93 bits per heavy atom. The second-order valence-corrected chi connectivity index (χ2v) is 6.20. The highest BCUT2D eigenvalue weighted by molar-refractivity contribution is 5.50. The van der Waals surface area contributed by atoms with Crippen molar-refractivity contribution in [2.75, 3.05) is 10.6 Å². The minimum absolute atomic E-state index is 0.0156. The third-order valence-electron chi connectivity index (χ3n) is 4.23. The number of nitro benzene ring substituents is 2. The van der Waals surface area contributed by atoms with E-state index >= 15 is 0 Å². The number of aromatic nitrogens is 2. The molecule has 0 fully saturated rings. The molecule has 0 unspecified atom stereocenters. The van der Waals surface area contributed by atoms with Gasteiger partial charge < -0.3 is 10.6 Å². The molecular formula is C19H18N6O4. The molecule has 0 saturated carbocycles. The van der Waals surface area contributed by atoms with Crippen LogP contribution in [-0.4, -0.2) is 19.8 Å². The zero-order valence-electron chi connectivity index (χ0n) is 15.5. The van der Waals surface area contributed by atoms with Gasteiger partial charge in [-0.15, -0.1) is 0 Å². The Balaban J connectivity index is 1.72. The lowest BCUT2D eigenvalue weighted by Crippen LogP contribution is -2.10. The Hall–Kier alpha value is -4.08. The zero-order valence-corrected chi connectivity index (χ0v) is 15.5. The van der Waals surface area contributed by atoms with Gasteiger partial charge in [0.15, 0.2) is 0 Å². The molecule has 2 N–H and O–H groups in total. The molecule has 10 nitrogen and oxygen atoms in total. The van der Waals surface area contributed by atoms with Crippen molar-refractivity contribution < 1.29 is 9.85 Å². The summed E-state index contributed by atoms with van der Waals surface area (Å²) in [5, 5.41) is 28.3. The number of para-hydroxylation sites is 2. The molecule has 0 radical (unpaired) electrons. The minimum Gasteiger partial charge on any atom is -0.365 e. The molecule has 0 aliphatic rings. The number of nitrogens with one attached hydrogen (secondary N) is 2. The van der Waals surface area contributed by atoms with Crippen molar-refractivity contribution >= 4 is 23.1 Å². The highest BCUT2D eigenvalue weighted by atomic mass is 16.6. The summed E-state index contributed by atoms with van der Waals surface area (Å²) in [6.07, 6.45) is 1.61. The predicted octanol–water partition coefficient (Wildman–Crippen LogP) is 3.83. The second-order valence-electron chi connectivity index (χ2n) is 6.20. The summed E-state index contributed by atoms with van der Waals surface area (Å²) in [6, 6.07) is 12.9. The Morgan fingerprint density at radius 2 is 1.38 bits per heavy atom. The van der Waals surface area contributed by atoms with Crippen LogP contribution < -0.4 is 10.6 Å². The van der Waals surface area contributed by atoms with Gasteiger partial charge in [0, 0.05) is 48.1 Å². The summed E-state index contributed by atoms with van der Waals surface area (Å²) in [7, 11) is 0. The lowest BCUT2D eigenvalue weighted by molar-refractivity contribution is -0.385. The van der Waals surface area contributed by atoms with E-state index in [0.717, 1.165) is 5.56 Å². The van der Waals surface area contributed by atoms with Gasteiger partial charge in [-0.1, -0.05) is 36.4 Å². The molecule has 0 aliphatic heterocycles. The fourth-order valence-corrected chi connectivity index (χ4v) is 2.74. The molecule has 2 aromatic carbocycles. The molecule has 0 saturated heterocycles. The van der Waals surface area contributed by atoms with Crippen LogP contribution in [0.15, 0.2) is 54.7 Å². The third kappa shape index (κ3) is 4.80. The van der Waals surface area contributed by atoms with Gasteiger partial charge in [0.2, 0.25) is 5.95 Å². The number of benzene rings is 2. The topological polar surface area (TPSA) is 136 Å². The first kappa shape index (κ1) is 19.7. The molecule has 29 heavy (non-hydrogen) atoms. The second kappa shape index (κ2) is 8.74. The molecule has 0 amide bonds. The predicted molar refractivity (Wildman–Crippen MR) is 108 cm³/mol. The maximum atomic E-state index is 11.1. The van der Waals surface area contributed by atoms with Crippen LogP contribution in [-0.2, 0) is 13.1 Å². The lowest BCUT2D eigenvalue weighted by atomic mass is 10.2. The largest absolute Gasteiger partial charge is 0.365 e. The van der Waals surface area contributed by atoms with Crippen LogP contribution in [0.25, 0.3) is 0 Å². The SMILES string of the molecule is Cc1cnc(NCc2ccccc2[N+](=O)[O-])nc1NCc1ccccc1[N+](=O)[O-]. The number of anilines is 2. The van der Waals surface area contributed by atoms with Gasteiger partial charge in [-0.05, 0) is 6.92 Å². The van der Waals surface area contributed by atoms with Crippen molar-refractivity contribution in [1.82, 2.24) is 9.97 Å². The lowest BCUT2D eigenvalue weighted by Gasteiger charge is -2.11. The molecular weight excluding hydrogens is 376 g/mol. The Morgan fingerprint density at radius 1 is 0.862 bits per heavy atom. The van der Waals surface area contributed by atoms with Crippen LogP contribution in [0.4, 0.5) is 23.1 Å². The number of nitrogens with zero attached hydrogens (tertiary/aromatic N) is 4. The molecule has 0 bridgehead atoms. The van der Waals surface area contributed by atoms with Gasteiger partial charge >= 0.3 is 0 Å². The molecule has 1 aromatic heterocycles. The molecule has 1 heterocycles. The maximum absolute atomic E-state index is 11.1. The highest BCUT2D eigenvalue weighted by Gasteiger charge is 2.14. The van der Waals surface area contributed by atoms with Crippen LogP contribution in [0, 0.1) is 27.2 Å². The fraction of sp³-hybridized carbons (Fsp3) is 0.158. The summed E-state index contributed by atoms with van der Waals surface area (Å²) in [5.74, 6) is 0.807. The average Bonchev–Trinajstić information content (AvgIpc) is 2.72. The number of hydrogen-bond donors (Lipinski definition) is 2. The summed E-state index contributed by atoms with van der Waals surface area (Å²) in [5.41, 5.74) is 1.85. The monoisotopic (exact) mass is 394 g/mol. The molecule has 0 aliphatic carbocycles. The average molecular weight is 394 g/mol. The Kier molecular flexibility index (Phi) is 5.93. The molecule has 3 rings (SSSR count). The first-order valence-electron chi connectivity index (χ1n) is 8.71. The standard InChI is InChI=1S/C19H18N6O4/c1-13-10-21-19(22-12-15-7-3-5-9-17(15)25(28)29)23-18(13)20-11-14-6-2-4-8-16(14)24(26)27/h2-10H,11-12H2,1H3,(H2,20,21,22,23). The van der Waals surface area contributed by atoms with Crippen LogP contribution in [0.2, 0.25) is 0 Å². The van der Waals surface area contributed by atoms with Crippen molar-refractivity contribution in [3.8, 4) is 0 Å². The van der Waals surface area contributed by atoms with Gasteiger partial charge in [-0.2, -0.15) is 4.98 Å². The maximum Gasteiger partial charge on any atom is 0.274 e. The molecule has 0 atom stereocenters. The quantitative estimate of drug-likeness (QED) is 0.434. The summed E-state index contributed by atoms with van der Waals surface area (Å²) >= 11 is 0. The van der Waals surface area contributed by atoms with Gasteiger partial charge in [-0.3, -0.25) is 20.2 Å². The molecule has 3 aromatic rings. The van der Waals surface area contributed by atoms with Crippen LogP contribution in [0.1, 0.15) is 16.7 Å². The van der Waals surface area contributed by atoms with E-state index in [0.29, 0.717) is 22.9 Å². The molecule has 0 spiro atoms. The van der Waals surface area contributed by atoms with Crippen molar-refractivity contribution in [2.24, 2.45) is 0 Å². The first-order valence-corrected chi connectivity index (χ1v) is 8.71. The smallest absolute Gasteiger partial charge is 0.274 e. The molecule has 148 valence electrons. The number of nitro groups is 2. The van der Waals surface area contributed by atoms with E-state index in [1.807, 2.05) is 6.92 Å². The summed E-state index contributed by atoms with van der Waals surface area (Å²) in [4.78, 5) is 30.0. The van der Waals surface area contributed by atoms with Crippen molar-refractivity contribution in [3.05, 3.63) is 91.6 Å². The number of hydrogen-bond acceptors (Lipinski definition) is 8. The van der Waals surface area contributed by atoms with E-state index in [9.17, 15) is 20.2 Å². The molecule has 10 heteroatoms. The van der Waals surface area contributed by atoms with Gasteiger partial charge in [0.05, 0.1) is 9.85 Å². The third-order valence-corrected chi connectivity index (χ3v) is 4.23. The highest BCUT2D eigenvalue weighted by Crippen LogP contribution is 2.21. The normalized spacial score (nSPS) is 10.4. The van der Waals surface area contributed by atoms with Gasteiger partial charge in [0.1, 0.15) is 5.82 Å². The van der Waals surface area contributed by atoms with E-state index in [1.54, 1.807) is 42.6 Å². The van der Waals surface area contributed by atoms with Crippen molar-refractivity contribution in [1.29, 1.82) is 0 Å². The van der Waals surface area contributed by atoms with E-state index in [1.165, 1.54) is 12.1 Å². The van der Waals surface area contributed by atoms with Crippen molar-refractivity contribution in [3.63, 3.8) is 0 Å². The first-order chi connectivity index (χ1) is 14.0. The van der Waals surface area contributed by atoms with E-state index in [4.69, 9.17) is 0 Å². The minimum atomic E-state index is -0.438. The fourth-order valence-electron chi connectivity index (χ4n) is 2.74. The van der Waals surface area contributed by atoms with Crippen LogP contribution >= 0.6 is 0 Å². The Bertz CT molecular complexity index is 1060. The van der Waals surface area contributed by atoms with Crippen molar-refractivity contribution in [2.45, 2.75) is 20.0 Å². The van der Waals surface area contributed by atoms with Crippen LogP contribution in [0.5, 0.6) is 0 Å². The van der Waals surface area contributed by atoms with Crippen LogP contribution in [0.3, 0.4) is 0 Å². The zero-order chi connectivity index (χ0) is 20.8. The van der Waals surface area contributed by atoms with Gasteiger partial charge in [0.25, 0.3) is 11.4 Å². The summed E-state index contributed by atoms with van der Waals surface area (Å²) in [6.45, 7) is 2.22. The Labute approximate surface area is 165 Å².